The van der Waals surface area contributed by atoms with Crippen molar-refractivity contribution in [3.05, 3.63) is 0 Å². The normalized spacial score (nSPS) is 9.67. The van der Waals surface area contributed by atoms with Crippen molar-refractivity contribution in [2.24, 2.45) is 11.8 Å². The summed E-state index contributed by atoms with van der Waals surface area (Å²) in [6.07, 6.45) is 10.7. The van der Waals surface area contributed by atoms with E-state index in [2.05, 4.69) is 11.8 Å². The summed E-state index contributed by atoms with van der Waals surface area (Å²) < 4.78 is 9.82. The number of terminal acetylenes is 2. The number of hydrogen-bond donors (Lipinski definition) is 0. The van der Waals surface area contributed by atoms with Gasteiger partial charge in [0.1, 0.15) is 13.2 Å². The third kappa shape index (κ3) is 5.96. The molecule has 4 heteroatoms. The van der Waals surface area contributed by atoms with Crippen LogP contribution in [-0.2, 0) is 19.1 Å². The third-order valence-corrected chi connectivity index (χ3v) is 2.16. The Labute approximate surface area is 108 Å². The zero-order valence-electron chi connectivity index (χ0n) is 10.8. The Morgan fingerprint density at radius 1 is 1.00 bits per heavy atom. The molecule has 0 heterocycles. The SMILES string of the molecule is C#CCCOC(=O)C(C(=O)OCCC#C)C(C)C. The minimum atomic E-state index is -0.930. The molecule has 0 saturated carbocycles. The molecule has 0 bridgehead atoms. The summed E-state index contributed by atoms with van der Waals surface area (Å²) >= 11 is 0. The van der Waals surface area contributed by atoms with E-state index in [-0.39, 0.29) is 19.1 Å². The maximum Gasteiger partial charge on any atom is 0.320 e. The van der Waals surface area contributed by atoms with Crippen LogP contribution in [0.5, 0.6) is 0 Å². The highest BCUT2D eigenvalue weighted by Crippen LogP contribution is 2.15. The van der Waals surface area contributed by atoms with Crippen molar-refractivity contribution in [3.8, 4) is 24.7 Å². The van der Waals surface area contributed by atoms with E-state index in [4.69, 9.17) is 22.3 Å². The van der Waals surface area contributed by atoms with Crippen LogP contribution in [0.4, 0.5) is 0 Å². The molecule has 4 nitrogen and oxygen atoms in total. The molecule has 18 heavy (non-hydrogen) atoms. The van der Waals surface area contributed by atoms with Gasteiger partial charge in [-0.2, -0.15) is 0 Å². The Morgan fingerprint density at radius 3 is 1.67 bits per heavy atom. The van der Waals surface area contributed by atoms with Crippen molar-refractivity contribution >= 4 is 11.9 Å². The van der Waals surface area contributed by atoms with Crippen molar-refractivity contribution in [1.29, 1.82) is 0 Å². The molecule has 0 saturated heterocycles. The summed E-state index contributed by atoms with van der Waals surface area (Å²) in [5.41, 5.74) is 0. The maximum absolute atomic E-state index is 11.7. The van der Waals surface area contributed by atoms with Crippen LogP contribution in [-0.4, -0.2) is 25.2 Å². The van der Waals surface area contributed by atoms with E-state index in [1.54, 1.807) is 13.8 Å². The molecular formula is C14H18O4. The highest BCUT2D eigenvalue weighted by Gasteiger charge is 2.32. The Kier molecular flexibility index (Phi) is 8.14. The van der Waals surface area contributed by atoms with Crippen LogP contribution >= 0.6 is 0 Å². The smallest absolute Gasteiger partial charge is 0.320 e. The molecule has 0 aliphatic carbocycles. The van der Waals surface area contributed by atoms with E-state index < -0.39 is 17.9 Å². The van der Waals surface area contributed by atoms with Crippen LogP contribution in [0.25, 0.3) is 0 Å². The summed E-state index contributed by atoms with van der Waals surface area (Å²) in [6, 6.07) is 0. The first kappa shape index (κ1) is 16.1. The molecule has 0 amide bonds. The van der Waals surface area contributed by atoms with Gasteiger partial charge in [0.05, 0.1) is 0 Å². The molecule has 0 N–H and O–H groups in total. The van der Waals surface area contributed by atoms with Gasteiger partial charge in [-0.05, 0) is 5.92 Å². The van der Waals surface area contributed by atoms with Gasteiger partial charge in [-0.25, -0.2) is 0 Å². The second-order valence-corrected chi connectivity index (χ2v) is 3.96. The zero-order chi connectivity index (χ0) is 14.0. The Morgan fingerprint density at radius 2 is 1.39 bits per heavy atom. The van der Waals surface area contributed by atoms with Gasteiger partial charge in [-0.15, -0.1) is 24.7 Å². The second-order valence-electron chi connectivity index (χ2n) is 3.96. The lowest BCUT2D eigenvalue weighted by atomic mass is 9.96. The van der Waals surface area contributed by atoms with Gasteiger partial charge in [0.15, 0.2) is 5.92 Å². The van der Waals surface area contributed by atoms with E-state index in [1.807, 2.05) is 0 Å². The van der Waals surface area contributed by atoms with E-state index in [9.17, 15) is 9.59 Å². The number of rotatable bonds is 7. The fourth-order valence-corrected chi connectivity index (χ4v) is 1.24. The first-order valence-corrected chi connectivity index (χ1v) is 5.74. The van der Waals surface area contributed by atoms with Gasteiger partial charge in [0.25, 0.3) is 0 Å². The molecule has 0 aliphatic rings. The molecule has 0 aromatic heterocycles. The largest absolute Gasteiger partial charge is 0.464 e. The van der Waals surface area contributed by atoms with Crippen LogP contribution in [0.15, 0.2) is 0 Å². The van der Waals surface area contributed by atoms with Gasteiger partial charge in [-0.3, -0.25) is 9.59 Å². The number of ether oxygens (including phenoxy) is 2. The van der Waals surface area contributed by atoms with Crippen molar-refractivity contribution in [2.45, 2.75) is 26.7 Å². The maximum atomic E-state index is 11.7. The highest BCUT2D eigenvalue weighted by atomic mass is 16.6. The van der Waals surface area contributed by atoms with Crippen molar-refractivity contribution < 1.29 is 19.1 Å². The summed E-state index contributed by atoms with van der Waals surface area (Å²) in [5, 5.41) is 0. The first-order valence-electron chi connectivity index (χ1n) is 5.74. The van der Waals surface area contributed by atoms with Gasteiger partial charge in [-0.1, -0.05) is 13.8 Å². The summed E-state index contributed by atoms with van der Waals surface area (Å²) in [6.45, 7) is 3.71. The predicted octanol–water partition coefficient (Wildman–Crippen LogP) is 1.39. The molecule has 0 spiro atoms. The lowest BCUT2D eigenvalue weighted by Gasteiger charge is -2.17. The minimum Gasteiger partial charge on any atom is -0.464 e. The van der Waals surface area contributed by atoms with Crippen LogP contribution in [0.2, 0.25) is 0 Å². The number of carbonyl (C=O) groups excluding carboxylic acids is 2. The topological polar surface area (TPSA) is 52.6 Å². The quantitative estimate of drug-likeness (QED) is 0.296. The fourth-order valence-electron chi connectivity index (χ4n) is 1.24. The Bertz CT molecular complexity index is 325. The molecule has 98 valence electrons. The Hall–Kier alpha value is -1.94. The zero-order valence-corrected chi connectivity index (χ0v) is 10.8. The molecule has 0 atom stereocenters. The summed E-state index contributed by atoms with van der Waals surface area (Å²) in [5.74, 6) is 2.35. The van der Waals surface area contributed by atoms with E-state index in [0.29, 0.717) is 12.8 Å². The van der Waals surface area contributed by atoms with E-state index in [0.717, 1.165) is 0 Å². The lowest BCUT2D eigenvalue weighted by Crippen LogP contribution is -2.32. The molecule has 0 aliphatic heterocycles. The van der Waals surface area contributed by atoms with E-state index >= 15 is 0 Å². The fraction of sp³-hybridized carbons (Fsp3) is 0.571. The molecular weight excluding hydrogens is 232 g/mol. The van der Waals surface area contributed by atoms with Gasteiger partial charge >= 0.3 is 11.9 Å². The average molecular weight is 250 g/mol. The van der Waals surface area contributed by atoms with E-state index in [1.165, 1.54) is 0 Å². The molecule has 0 aromatic rings. The van der Waals surface area contributed by atoms with Crippen LogP contribution in [0, 0.1) is 36.5 Å². The second kappa shape index (κ2) is 9.13. The number of carbonyl (C=O) groups is 2. The van der Waals surface area contributed by atoms with Crippen LogP contribution < -0.4 is 0 Å². The average Bonchev–Trinajstić information content (AvgIpc) is 2.29. The minimum absolute atomic E-state index is 0.107. The van der Waals surface area contributed by atoms with Gasteiger partial charge in [0, 0.05) is 12.8 Å². The van der Waals surface area contributed by atoms with Crippen LogP contribution in [0.3, 0.4) is 0 Å². The summed E-state index contributed by atoms with van der Waals surface area (Å²) in [4.78, 5) is 23.4. The van der Waals surface area contributed by atoms with Crippen molar-refractivity contribution in [1.82, 2.24) is 0 Å². The van der Waals surface area contributed by atoms with Gasteiger partial charge in [0.2, 0.25) is 0 Å². The standard InChI is InChI=1S/C14H18O4/c1-5-7-9-17-13(15)12(11(3)4)14(16)18-10-8-6-2/h1-2,11-12H,7-10H2,3-4H3. The highest BCUT2D eigenvalue weighted by molar-refractivity contribution is 5.95. The van der Waals surface area contributed by atoms with Crippen LogP contribution in [0.1, 0.15) is 26.7 Å². The van der Waals surface area contributed by atoms with Crippen molar-refractivity contribution in [3.63, 3.8) is 0 Å². The lowest BCUT2D eigenvalue weighted by molar-refractivity contribution is -0.164. The molecule has 0 aromatic carbocycles. The van der Waals surface area contributed by atoms with Gasteiger partial charge < -0.3 is 9.47 Å². The van der Waals surface area contributed by atoms with Crippen molar-refractivity contribution in [2.75, 3.05) is 13.2 Å². The first-order chi connectivity index (χ1) is 8.54. The number of esters is 2. The number of hydrogen-bond acceptors (Lipinski definition) is 4. The third-order valence-electron chi connectivity index (χ3n) is 2.16. The molecule has 0 rings (SSSR count). The molecule has 0 fully saturated rings. The molecule has 0 radical (unpaired) electrons. The monoisotopic (exact) mass is 250 g/mol. The Balaban J connectivity index is 4.37. The molecule has 0 unspecified atom stereocenters. The predicted molar refractivity (Wildman–Crippen MR) is 67.1 cm³/mol. The summed E-state index contributed by atoms with van der Waals surface area (Å²) in [7, 11) is 0.